The van der Waals surface area contributed by atoms with Crippen molar-refractivity contribution in [2.24, 2.45) is 0 Å². The molecule has 0 unspecified atom stereocenters. The molecule has 0 radical (unpaired) electrons. The molecule has 2 aromatic carbocycles. The van der Waals surface area contributed by atoms with Crippen molar-refractivity contribution in [3.8, 4) is 0 Å². The molecule has 0 aromatic heterocycles. The van der Waals surface area contributed by atoms with Gasteiger partial charge in [-0.25, -0.2) is 8.42 Å². The Kier molecular flexibility index (Phi) is 8.57. The van der Waals surface area contributed by atoms with Gasteiger partial charge in [0.2, 0.25) is 5.91 Å². The highest BCUT2D eigenvalue weighted by atomic mass is 35.5. The van der Waals surface area contributed by atoms with Crippen molar-refractivity contribution in [2.45, 2.75) is 24.7 Å². The largest absolute Gasteiger partial charge is 0.382 e. The molecule has 2 N–H and O–H groups in total. The van der Waals surface area contributed by atoms with Crippen LogP contribution in [0.4, 0.5) is 5.69 Å². The first kappa shape index (κ1) is 22.5. The molecule has 0 bridgehead atoms. The lowest BCUT2D eigenvalue weighted by Gasteiger charge is -2.10. The first-order chi connectivity index (χ1) is 13.3. The molecule has 9 heteroatoms. The minimum atomic E-state index is -3.82. The first-order valence-corrected chi connectivity index (χ1v) is 11.0. The number of ether oxygens (including phenoxy) is 1. The molecule has 1 amide bonds. The van der Waals surface area contributed by atoms with Gasteiger partial charge in [0.25, 0.3) is 10.0 Å². The van der Waals surface area contributed by atoms with Crippen molar-refractivity contribution < 1.29 is 17.9 Å². The van der Waals surface area contributed by atoms with Crippen molar-refractivity contribution in [1.82, 2.24) is 5.32 Å². The van der Waals surface area contributed by atoms with Gasteiger partial charge in [-0.2, -0.15) is 0 Å². The third-order valence-corrected chi connectivity index (χ3v) is 5.51. The van der Waals surface area contributed by atoms with Crippen LogP contribution >= 0.6 is 23.2 Å². The van der Waals surface area contributed by atoms with E-state index in [2.05, 4.69) is 10.0 Å². The zero-order valence-electron chi connectivity index (χ0n) is 15.4. The average Bonchev–Trinajstić information content (AvgIpc) is 2.62. The normalized spacial score (nSPS) is 11.2. The molecule has 152 valence electrons. The molecular weight excluding hydrogens is 423 g/mol. The predicted molar refractivity (Wildman–Crippen MR) is 112 cm³/mol. The molecule has 0 saturated heterocycles. The number of anilines is 1. The van der Waals surface area contributed by atoms with Gasteiger partial charge in [0.1, 0.15) is 0 Å². The number of sulfonamides is 1. The van der Waals surface area contributed by atoms with E-state index in [0.29, 0.717) is 25.4 Å². The zero-order valence-corrected chi connectivity index (χ0v) is 17.7. The molecule has 6 nitrogen and oxygen atoms in total. The summed E-state index contributed by atoms with van der Waals surface area (Å²) in [6.45, 7) is 3.75. The number of rotatable bonds is 10. The Morgan fingerprint density at radius 2 is 1.71 bits per heavy atom. The van der Waals surface area contributed by atoms with Gasteiger partial charge >= 0.3 is 0 Å². The molecule has 0 atom stereocenters. The van der Waals surface area contributed by atoms with Crippen LogP contribution in [-0.2, 0) is 26.0 Å². The zero-order chi connectivity index (χ0) is 20.6. The molecule has 0 heterocycles. The summed E-state index contributed by atoms with van der Waals surface area (Å²) in [6.07, 6.45) is 0.972. The lowest BCUT2D eigenvalue weighted by Crippen LogP contribution is -2.26. The van der Waals surface area contributed by atoms with Crippen LogP contribution in [0, 0.1) is 0 Å². The minimum absolute atomic E-state index is 0.0273. The standard InChI is InChI=1S/C19H22Cl2N2O4S/c1-2-27-9-3-8-22-19(24)10-14-4-6-17(7-5-14)23-28(25,26)18-12-15(20)11-16(21)13-18/h4-7,11-13,23H,2-3,8-10H2,1H3,(H,22,24). The molecular formula is C19H22Cl2N2O4S. The minimum Gasteiger partial charge on any atom is -0.382 e. The second kappa shape index (κ2) is 10.7. The molecule has 0 spiro atoms. The van der Waals surface area contributed by atoms with Gasteiger partial charge in [-0.1, -0.05) is 35.3 Å². The van der Waals surface area contributed by atoms with E-state index in [1.165, 1.54) is 18.2 Å². The van der Waals surface area contributed by atoms with Crippen molar-refractivity contribution in [3.63, 3.8) is 0 Å². The average molecular weight is 445 g/mol. The summed E-state index contributed by atoms with van der Waals surface area (Å²) in [5, 5.41) is 3.28. The third-order valence-electron chi connectivity index (χ3n) is 3.71. The SMILES string of the molecule is CCOCCCNC(=O)Cc1ccc(NS(=O)(=O)c2cc(Cl)cc(Cl)c2)cc1. The van der Waals surface area contributed by atoms with Crippen LogP contribution in [0.15, 0.2) is 47.4 Å². The van der Waals surface area contributed by atoms with E-state index in [0.717, 1.165) is 12.0 Å². The molecule has 0 aliphatic heterocycles. The number of carbonyl (C=O) groups excluding carboxylic acids is 1. The van der Waals surface area contributed by atoms with Crippen molar-refractivity contribution in [3.05, 3.63) is 58.1 Å². The topological polar surface area (TPSA) is 84.5 Å². The molecule has 2 aromatic rings. The van der Waals surface area contributed by atoms with E-state index < -0.39 is 10.0 Å². The van der Waals surface area contributed by atoms with Crippen LogP contribution in [-0.4, -0.2) is 34.1 Å². The summed E-state index contributed by atoms with van der Waals surface area (Å²) in [7, 11) is -3.82. The molecule has 0 saturated carbocycles. The summed E-state index contributed by atoms with van der Waals surface area (Å²) < 4.78 is 32.6. The fourth-order valence-electron chi connectivity index (χ4n) is 2.38. The highest BCUT2D eigenvalue weighted by molar-refractivity contribution is 7.92. The van der Waals surface area contributed by atoms with Gasteiger partial charge in [0.15, 0.2) is 0 Å². The Hall–Kier alpha value is -1.80. The van der Waals surface area contributed by atoms with E-state index in [1.54, 1.807) is 24.3 Å². The summed E-state index contributed by atoms with van der Waals surface area (Å²) >= 11 is 11.7. The van der Waals surface area contributed by atoms with Crippen LogP contribution in [0.25, 0.3) is 0 Å². The van der Waals surface area contributed by atoms with Crippen LogP contribution in [0.5, 0.6) is 0 Å². The van der Waals surface area contributed by atoms with Crippen LogP contribution < -0.4 is 10.0 Å². The lowest BCUT2D eigenvalue weighted by atomic mass is 10.1. The van der Waals surface area contributed by atoms with Crippen LogP contribution in [0.2, 0.25) is 10.0 Å². The van der Waals surface area contributed by atoms with E-state index in [9.17, 15) is 13.2 Å². The fraction of sp³-hybridized carbons (Fsp3) is 0.316. The maximum atomic E-state index is 12.5. The number of amides is 1. The molecule has 0 fully saturated rings. The van der Waals surface area contributed by atoms with E-state index in [4.69, 9.17) is 27.9 Å². The maximum Gasteiger partial charge on any atom is 0.261 e. The van der Waals surface area contributed by atoms with E-state index in [-0.39, 0.29) is 27.3 Å². The number of carbonyl (C=O) groups is 1. The van der Waals surface area contributed by atoms with Crippen molar-refractivity contribution in [1.29, 1.82) is 0 Å². The third kappa shape index (κ3) is 7.31. The Bertz CT molecular complexity index is 882. The second-order valence-electron chi connectivity index (χ2n) is 5.98. The number of halogens is 2. The van der Waals surface area contributed by atoms with Gasteiger partial charge in [-0.3, -0.25) is 9.52 Å². The summed E-state index contributed by atoms with van der Waals surface area (Å²) in [5.74, 6) is -0.0987. The number of nitrogens with one attached hydrogen (secondary N) is 2. The Morgan fingerprint density at radius 1 is 1.07 bits per heavy atom. The lowest BCUT2D eigenvalue weighted by molar-refractivity contribution is -0.120. The van der Waals surface area contributed by atoms with E-state index >= 15 is 0 Å². The summed E-state index contributed by atoms with van der Waals surface area (Å²) in [5.41, 5.74) is 1.15. The van der Waals surface area contributed by atoms with Crippen molar-refractivity contribution >= 4 is 44.8 Å². The van der Waals surface area contributed by atoms with E-state index in [1.807, 2.05) is 6.92 Å². The van der Waals surface area contributed by atoms with Gasteiger partial charge in [-0.15, -0.1) is 0 Å². The van der Waals surface area contributed by atoms with Gasteiger partial charge in [0.05, 0.1) is 11.3 Å². The Morgan fingerprint density at radius 3 is 2.32 bits per heavy atom. The van der Waals surface area contributed by atoms with Gasteiger partial charge in [0, 0.05) is 35.5 Å². The first-order valence-electron chi connectivity index (χ1n) is 8.72. The fourth-order valence-corrected chi connectivity index (χ4v) is 4.17. The van der Waals surface area contributed by atoms with Crippen LogP contribution in [0.1, 0.15) is 18.9 Å². The number of benzene rings is 2. The Labute approximate surface area is 175 Å². The smallest absolute Gasteiger partial charge is 0.261 e. The van der Waals surface area contributed by atoms with Gasteiger partial charge in [-0.05, 0) is 49.2 Å². The summed E-state index contributed by atoms with van der Waals surface area (Å²) in [6, 6.07) is 10.7. The van der Waals surface area contributed by atoms with Crippen molar-refractivity contribution in [2.75, 3.05) is 24.5 Å². The molecule has 0 aliphatic carbocycles. The second-order valence-corrected chi connectivity index (χ2v) is 8.54. The number of hydrogen-bond acceptors (Lipinski definition) is 4. The molecule has 0 aliphatic rings. The number of hydrogen-bond donors (Lipinski definition) is 2. The molecule has 2 rings (SSSR count). The highest BCUT2D eigenvalue weighted by Gasteiger charge is 2.16. The maximum absolute atomic E-state index is 12.5. The monoisotopic (exact) mass is 444 g/mol. The molecule has 28 heavy (non-hydrogen) atoms. The highest BCUT2D eigenvalue weighted by Crippen LogP contribution is 2.24. The Balaban J connectivity index is 1.92. The van der Waals surface area contributed by atoms with Gasteiger partial charge < -0.3 is 10.1 Å². The predicted octanol–water partition coefficient (Wildman–Crippen LogP) is 3.88. The quantitative estimate of drug-likeness (QED) is 0.544. The summed E-state index contributed by atoms with van der Waals surface area (Å²) in [4.78, 5) is 11.9. The van der Waals surface area contributed by atoms with Crippen LogP contribution in [0.3, 0.4) is 0 Å².